The number of hydrogen-bond acceptors (Lipinski definition) is 2. The van der Waals surface area contributed by atoms with Gasteiger partial charge in [0, 0.05) is 0 Å². The number of unbranched alkanes of at least 4 members (excludes halogenated alkanes) is 13. The van der Waals surface area contributed by atoms with Gasteiger partial charge in [0.2, 0.25) is 0 Å². The lowest BCUT2D eigenvalue weighted by molar-refractivity contribution is -0.139. The highest BCUT2D eigenvalue weighted by atomic mass is 16.4. The lowest BCUT2D eigenvalue weighted by atomic mass is 10.0. The van der Waals surface area contributed by atoms with Crippen molar-refractivity contribution in [3.8, 4) is 0 Å². The fourth-order valence-electron chi connectivity index (χ4n) is 3.34. The Morgan fingerprint density at radius 2 is 1.16 bits per heavy atom. The molecule has 0 aromatic rings. The zero-order chi connectivity index (χ0) is 18.8. The van der Waals surface area contributed by atoms with E-state index in [1.54, 1.807) is 0 Å². The van der Waals surface area contributed by atoms with Gasteiger partial charge in [0.25, 0.3) is 0 Å². The minimum Gasteiger partial charge on any atom is -0.480 e. The van der Waals surface area contributed by atoms with Crippen molar-refractivity contribution in [2.24, 2.45) is 5.92 Å². The number of nitrogens with one attached hydrogen (secondary N) is 1. The van der Waals surface area contributed by atoms with Gasteiger partial charge < -0.3 is 10.4 Å². The van der Waals surface area contributed by atoms with Crippen LogP contribution in [0.15, 0.2) is 0 Å². The SMILES string of the molecule is CCCCCCCCCCCCCCCCN[C@@H](CC(C)C)C(=O)O. The number of carboxylic acid groups (broad SMARTS) is 1. The molecule has 150 valence electrons. The summed E-state index contributed by atoms with van der Waals surface area (Å²) in [5.74, 6) is -0.288. The molecule has 0 bridgehead atoms. The van der Waals surface area contributed by atoms with E-state index in [1.165, 1.54) is 83.5 Å². The lowest BCUT2D eigenvalue weighted by Gasteiger charge is -2.16. The molecule has 25 heavy (non-hydrogen) atoms. The van der Waals surface area contributed by atoms with Gasteiger partial charge in [0.1, 0.15) is 6.04 Å². The molecule has 0 unspecified atom stereocenters. The third-order valence-corrected chi connectivity index (χ3v) is 4.93. The van der Waals surface area contributed by atoms with E-state index >= 15 is 0 Å². The molecule has 0 saturated heterocycles. The topological polar surface area (TPSA) is 49.3 Å². The molecule has 3 nitrogen and oxygen atoms in total. The number of aliphatic carboxylic acids is 1. The van der Waals surface area contributed by atoms with Crippen molar-refractivity contribution in [2.45, 2.75) is 123 Å². The van der Waals surface area contributed by atoms with Crippen LogP contribution in [0.3, 0.4) is 0 Å². The maximum atomic E-state index is 11.2. The van der Waals surface area contributed by atoms with Crippen LogP contribution in [0.4, 0.5) is 0 Å². The van der Waals surface area contributed by atoms with Gasteiger partial charge in [-0.25, -0.2) is 0 Å². The van der Waals surface area contributed by atoms with Gasteiger partial charge in [0.15, 0.2) is 0 Å². The second-order valence-electron chi connectivity index (χ2n) is 8.07. The van der Waals surface area contributed by atoms with Gasteiger partial charge in [-0.2, -0.15) is 0 Å². The maximum absolute atomic E-state index is 11.2. The second kappa shape index (κ2) is 18.2. The average molecular weight is 356 g/mol. The third-order valence-electron chi connectivity index (χ3n) is 4.93. The van der Waals surface area contributed by atoms with Crippen LogP contribution in [-0.4, -0.2) is 23.7 Å². The Labute approximate surface area is 157 Å². The first-order valence-electron chi connectivity index (χ1n) is 11.0. The van der Waals surface area contributed by atoms with Crippen LogP contribution < -0.4 is 5.32 Å². The Bertz CT molecular complexity index is 292. The molecule has 0 aliphatic carbocycles. The van der Waals surface area contributed by atoms with E-state index in [9.17, 15) is 9.90 Å². The molecule has 0 radical (unpaired) electrons. The van der Waals surface area contributed by atoms with Crippen LogP contribution in [0.2, 0.25) is 0 Å². The van der Waals surface area contributed by atoms with Crippen LogP contribution in [-0.2, 0) is 4.79 Å². The molecule has 0 rings (SSSR count). The third kappa shape index (κ3) is 18.0. The maximum Gasteiger partial charge on any atom is 0.320 e. The Kier molecular flexibility index (Phi) is 17.8. The Balaban J connectivity index is 3.26. The largest absolute Gasteiger partial charge is 0.480 e. The Morgan fingerprint density at radius 3 is 1.52 bits per heavy atom. The molecule has 0 aromatic heterocycles. The summed E-state index contributed by atoms with van der Waals surface area (Å²) in [5, 5.41) is 12.4. The molecule has 0 aliphatic heterocycles. The van der Waals surface area contributed by atoms with Crippen molar-refractivity contribution in [3.05, 3.63) is 0 Å². The van der Waals surface area contributed by atoms with Crippen LogP contribution in [0.25, 0.3) is 0 Å². The highest BCUT2D eigenvalue weighted by Crippen LogP contribution is 2.13. The molecule has 0 heterocycles. The van der Waals surface area contributed by atoms with Gasteiger partial charge in [-0.15, -0.1) is 0 Å². The first-order chi connectivity index (χ1) is 12.1. The summed E-state index contributed by atoms with van der Waals surface area (Å²) in [5.41, 5.74) is 0. The van der Waals surface area contributed by atoms with E-state index in [0.717, 1.165) is 13.0 Å². The summed E-state index contributed by atoms with van der Waals surface area (Å²) in [7, 11) is 0. The molecule has 0 spiro atoms. The normalized spacial score (nSPS) is 12.6. The van der Waals surface area contributed by atoms with Crippen molar-refractivity contribution in [3.63, 3.8) is 0 Å². The minimum absolute atomic E-state index is 0.373. The van der Waals surface area contributed by atoms with E-state index in [4.69, 9.17) is 0 Å². The van der Waals surface area contributed by atoms with Crippen LogP contribution in [0.1, 0.15) is 117 Å². The fraction of sp³-hybridized carbons (Fsp3) is 0.955. The predicted octanol–water partition coefficient (Wildman–Crippen LogP) is 6.56. The van der Waals surface area contributed by atoms with Gasteiger partial charge in [-0.05, 0) is 25.3 Å². The Hall–Kier alpha value is -0.570. The van der Waals surface area contributed by atoms with Crippen molar-refractivity contribution >= 4 is 5.97 Å². The van der Waals surface area contributed by atoms with Crippen molar-refractivity contribution in [1.29, 1.82) is 0 Å². The molecular weight excluding hydrogens is 310 g/mol. The van der Waals surface area contributed by atoms with Crippen LogP contribution in [0.5, 0.6) is 0 Å². The van der Waals surface area contributed by atoms with E-state index in [1.807, 2.05) is 0 Å². The summed E-state index contributed by atoms with van der Waals surface area (Å²) < 4.78 is 0. The number of hydrogen-bond donors (Lipinski definition) is 2. The highest BCUT2D eigenvalue weighted by molar-refractivity contribution is 5.73. The molecule has 0 saturated carbocycles. The van der Waals surface area contributed by atoms with Crippen molar-refractivity contribution < 1.29 is 9.90 Å². The summed E-state index contributed by atoms with van der Waals surface area (Å²) in [6.07, 6.45) is 19.7. The first-order valence-corrected chi connectivity index (χ1v) is 11.0. The molecule has 0 amide bonds. The predicted molar refractivity (Wildman–Crippen MR) is 109 cm³/mol. The van der Waals surface area contributed by atoms with Crippen LogP contribution >= 0.6 is 0 Å². The van der Waals surface area contributed by atoms with Gasteiger partial charge >= 0.3 is 5.97 Å². The fourth-order valence-corrected chi connectivity index (χ4v) is 3.34. The molecule has 2 N–H and O–H groups in total. The molecule has 0 aliphatic rings. The smallest absolute Gasteiger partial charge is 0.320 e. The zero-order valence-electron chi connectivity index (χ0n) is 17.3. The highest BCUT2D eigenvalue weighted by Gasteiger charge is 2.17. The standard InChI is InChI=1S/C22H45NO2/c1-4-5-6-7-8-9-10-11-12-13-14-15-16-17-18-23-21(22(24)25)19-20(2)3/h20-21,23H,4-19H2,1-3H3,(H,24,25)/t21-/m0/s1. The van der Waals surface area contributed by atoms with Gasteiger partial charge in [-0.1, -0.05) is 104 Å². The quantitative estimate of drug-likeness (QED) is 0.258. The van der Waals surface area contributed by atoms with E-state index in [-0.39, 0.29) is 6.04 Å². The van der Waals surface area contributed by atoms with E-state index in [2.05, 4.69) is 26.1 Å². The molecule has 3 heteroatoms. The first kappa shape index (κ1) is 24.4. The summed E-state index contributed by atoms with van der Waals surface area (Å²) in [6.45, 7) is 7.26. The zero-order valence-corrected chi connectivity index (χ0v) is 17.3. The van der Waals surface area contributed by atoms with Crippen LogP contribution in [0, 0.1) is 5.92 Å². The molecule has 1 atom stereocenters. The van der Waals surface area contributed by atoms with E-state index in [0.29, 0.717) is 12.3 Å². The summed E-state index contributed by atoms with van der Waals surface area (Å²) in [6, 6.07) is -0.373. The second-order valence-corrected chi connectivity index (χ2v) is 8.07. The minimum atomic E-state index is -0.709. The van der Waals surface area contributed by atoms with Gasteiger partial charge in [0.05, 0.1) is 0 Å². The lowest BCUT2D eigenvalue weighted by Crippen LogP contribution is -2.38. The monoisotopic (exact) mass is 355 g/mol. The van der Waals surface area contributed by atoms with Crippen molar-refractivity contribution in [2.75, 3.05) is 6.54 Å². The Morgan fingerprint density at radius 1 is 0.760 bits per heavy atom. The molecule has 0 fully saturated rings. The summed E-state index contributed by atoms with van der Waals surface area (Å²) in [4.78, 5) is 11.2. The molecule has 0 aromatic carbocycles. The number of rotatable bonds is 19. The number of carbonyl (C=O) groups is 1. The van der Waals surface area contributed by atoms with Gasteiger partial charge in [-0.3, -0.25) is 4.79 Å². The van der Waals surface area contributed by atoms with Crippen molar-refractivity contribution in [1.82, 2.24) is 5.32 Å². The average Bonchev–Trinajstić information content (AvgIpc) is 2.56. The molecular formula is C22H45NO2. The summed E-state index contributed by atoms with van der Waals surface area (Å²) >= 11 is 0. The van der Waals surface area contributed by atoms with E-state index < -0.39 is 5.97 Å². The number of carboxylic acids is 1.